The van der Waals surface area contributed by atoms with Gasteiger partial charge < -0.3 is 19.5 Å². The number of aromatic nitrogens is 2. The Labute approximate surface area is 173 Å². The van der Waals surface area contributed by atoms with Crippen LogP contribution in [0, 0.1) is 0 Å². The Bertz CT molecular complexity index is 1320. The summed E-state index contributed by atoms with van der Waals surface area (Å²) in [7, 11) is 0. The quantitative estimate of drug-likeness (QED) is 0.555. The second-order valence-electron chi connectivity index (χ2n) is 8.14. The average molecular weight is 398 g/mol. The molecule has 2 aliphatic heterocycles. The summed E-state index contributed by atoms with van der Waals surface area (Å²) < 4.78 is 8.22. The van der Waals surface area contributed by atoms with E-state index in [1.54, 1.807) is 0 Å². The van der Waals surface area contributed by atoms with Crippen LogP contribution in [0.25, 0.3) is 27.9 Å². The third kappa shape index (κ3) is 2.85. The summed E-state index contributed by atoms with van der Waals surface area (Å²) in [6.07, 6.45) is 4.06. The summed E-state index contributed by atoms with van der Waals surface area (Å²) in [5.41, 5.74) is 4.67. The monoisotopic (exact) mass is 398 g/mol. The van der Waals surface area contributed by atoms with Crippen molar-refractivity contribution in [1.29, 1.82) is 0 Å². The predicted octanol–water partition coefficient (Wildman–Crippen LogP) is 3.22. The van der Waals surface area contributed by atoms with Crippen LogP contribution in [0.3, 0.4) is 0 Å². The lowest BCUT2D eigenvalue weighted by Gasteiger charge is -2.05. The van der Waals surface area contributed by atoms with Crippen molar-refractivity contribution in [3.63, 3.8) is 0 Å². The summed E-state index contributed by atoms with van der Waals surface area (Å²) in [6.45, 7) is 5.85. The number of hydrogen-bond donors (Lipinski definition) is 2. The molecular weight excluding hydrogens is 376 g/mol. The molecule has 0 amide bonds. The number of fused-ring (bicyclic) bond motifs is 2. The van der Waals surface area contributed by atoms with E-state index in [1.807, 2.05) is 28.9 Å². The molecule has 2 N–H and O–H groups in total. The first-order chi connectivity index (χ1) is 14.6. The highest BCUT2D eigenvalue weighted by Crippen LogP contribution is 2.29. The molecule has 0 saturated carbocycles. The van der Waals surface area contributed by atoms with Gasteiger partial charge in [0.25, 0.3) is 0 Å². The van der Waals surface area contributed by atoms with Crippen LogP contribution in [0.15, 0.2) is 63.2 Å². The number of aliphatic imine (C=N–C) groups is 2. The minimum Gasteiger partial charge on any atom is -0.456 e. The molecule has 2 unspecified atom stereocenters. The van der Waals surface area contributed by atoms with Crippen LogP contribution in [0.2, 0.25) is 0 Å². The smallest absolute Gasteiger partial charge is 0.149 e. The first kappa shape index (κ1) is 17.3. The molecule has 0 fully saturated rings. The molecule has 5 heterocycles. The third-order valence-corrected chi connectivity index (χ3v) is 5.58. The molecule has 7 heteroatoms. The van der Waals surface area contributed by atoms with Crippen LogP contribution in [0.1, 0.15) is 25.1 Å². The maximum absolute atomic E-state index is 6.20. The van der Waals surface area contributed by atoms with Gasteiger partial charge >= 0.3 is 0 Å². The Balaban J connectivity index is 1.35. The number of imidazole rings is 1. The first-order valence-corrected chi connectivity index (χ1v) is 10.3. The molecule has 2 aliphatic rings. The zero-order valence-electron chi connectivity index (χ0n) is 16.9. The summed E-state index contributed by atoms with van der Waals surface area (Å²) >= 11 is 0. The number of hydrogen-bond acceptors (Lipinski definition) is 6. The van der Waals surface area contributed by atoms with Crippen molar-refractivity contribution < 1.29 is 4.42 Å². The fourth-order valence-corrected chi connectivity index (χ4v) is 4.01. The number of pyridine rings is 1. The molecule has 0 saturated heterocycles. The largest absolute Gasteiger partial charge is 0.456 e. The van der Waals surface area contributed by atoms with Gasteiger partial charge in [0.1, 0.15) is 34.4 Å². The van der Waals surface area contributed by atoms with E-state index >= 15 is 0 Å². The topological polar surface area (TPSA) is 79.2 Å². The Morgan fingerprint density at radius 2 is 1.67 bits per heavy atom. The molecule has 0 bridgehead atoms. The second kappa shape index (κ2) is 6.45. The number of benzene rings is 1. The molecular formula is C23H22N6O. The first-order valence-electron chi connectivity index (χ1n) is 10.3. The maximum Gasteiger partial charge on any atom is 0.149 e. The number of furan rings is 1. The molecule has 0 spiro atoms. The molecule has 150 valence electrons. The van der Waals surface area contributed by atoms with Gasteiger partial charge in [-0.15, -0.1) is 0 Å². The van der Waals surface area contributed by atoms with Gasteiger partial charge in [0.05, 0.1) is 13.1 Å². The van der Waals surface area contributed by atoms with Gasteiger partial charge in [-0.25, -0.2) is 4.98 Å². The van der Waals surface area contributed by atoms with E-state index in [0.717, 1.165) is 64.0 Å². The molecule has 4 aromatic rings. The normalized spacial score (nSPS) is 21.0. The van der Waals surface area contributed by atoms with Gasteiger partial charge in [-0.3, -0.25) is 9.98 Å². The average Bonchev–Trinajstić information content (AvgIpc) is 3.52. The van der Waals surface area contributed by atoms with Crippen LogP contribution in [-0.4, -0.2) is 46.2 Å². The van der Waals surface area contributed by atoms with E-state index in [2.05, 4.69) is 63.7 Å². The molecule has 0 aliphatic carbocycles. The van der Waals surface area contributed by atoms with E-state index in [1.165, 1.54) is 0 Å². The number of nitrogens with one attached hydrogen (secondary N) is 2. The zero-order chi connectivity index (χ0) is 20.2. The van der Waals surface area contributed by atoms with Crippen LogP contribution >= 0.6 is 0 Å². The lowest BCUT2D eigenvalue weighted by atomic mass is 10.1. The van der Waals surface area contributed by atoms with Gasteiger partial charge in [-0.1, -0.05) is 12.1 Å². The van der Waals surface area contributed by atoms with Crippen molar-refractivity contribution >= 4 is 28.3 Å². The number of nitrogens with zero attached hydrogens (tertiary/aromatic N) is 4. The van der Waals surface area contributed by atoms with Crippen molar-refractivity contribution in [1.82, 2.24) is 20.0 Å². The van der Waals surface area contributed by atoms with E-state index in [4.69, 9.17) is 4.42 Å². The van der Waals surface area contributed by atoms with Crippen molar-refractivity contribution in [2.24, 2.45) is 9.98 Å². The molecule has 1 aromatic carbocycles. The van der Waals surface area contributed by atoms with Crippen molar-refractivity contribution in [2.45, 2.75) is 25.9 Å². The van der Waals surface area contributed by atoms with Crippen molar-refractivity contribution in [3.8, 4) is 11.3 Å². The fraction of sp³-hybridized carbons (Fsp3) is 0.261. The summed E-state index contributed by atoms with van der Waals surface area (Å²) in [5.74, 6) is 2.63. The molecule has 3 aromatic heterocycles. The van der Waals surface area contributed by atoms with Gasteiger partial charge in [0.15, 0.2) is 0 Å². The molecule has 2 atom stereocenters. The van der Waals surface area contributed by atoms with Crippen LogP contribution in [-0.2, 0) is 0 Å². The highest BCUT2D eigenvalue weighted by Gasteiger charge is 2.18. The van der Waals surface area contributed by atoms with E-state index in [9.17, 15) is 0 Å². The zero-order valence-corrected chi connectivity index (χ0v) is 16.9. The minimum atomic E-state index is 0.356. The molecule has 7 nitrogen and oxygen atoms in total. The van der Waals surface area contributed by atoms with Crippen molar-refractivity contribution in [2.75, 3.05) is 13.1 Å². The second-order valence-corrected chi connectivity index (χ2v) is 8.14. The van der Waals surface area contributed by atoms with E-state index < -0.39 is 0 Å². The Hall–Kier alpha value is -3.61. The molecule has 6 rings (SSSR count). The Morgan fingerprint density at radius 1 is 0.900 bits per heavy atom. The van der Waals surface area contributed by atoms with Crippen molar-refractivity contribution in [3.05, 3.63) is 60.0 Å². The predicted molar refractivity (Wildman–Crippen MR) is 118 cm³/mol. The lowest BCUT2D eigenvalue weighted by Crippen LogP contribution is -2.27. The number of rotatable bonds is 3. The molecule has 0 radical (unpaired) electrons. The SMILES string of the molecule is CC1CN=C(c2ccc3cc(-c4ccc5nc(C6=NCC(C)N6)cn5c4)oc3c2)N1. The maximum atomic E-state index is 6.20. The third-order valence-electron chi connectivity index (χ3n) is 5.58. The fourth-order valence-electron chi connectivity index (χ4n) is 4.01. The summed E-state index contributed by atoms with van der Waals surface area (Å²) in [4.78, 5) is 13.8. The van der Waals surface area contributed by atoms with E-state index in [-0.39, 0.29) is 0 Å². The van der Waals surface area contributed by atoms with E-state index in [0.29, 0.717) is 12.1 Å². The van der Waals surface area contributed by atoms with Crippen LogP contribution in [0.4, 0.5) is 0 Å². The highest BCUT2D eigenvalue weighted by atomic mass is 16.3. The van der Waals surface area contributed by atoms with Gasteiger partial charge in [0, 0.05) is 41.0 Å². The number of amidine groups is 2. The lowest BCUT2D eigenvalue weighted by molar-refractivity contribution is 0.631. The van der Waals surface area contributed by atoms with Crippen LogP contribution in [0.5, 0.6) is 0 Å². The summed E-state index contributed by atoms with van der Waals surface area (Å²) in [6, 6.07) is 13.1. The van der Waals surface area contributed by atoms with Gasteiger partial charge in [-0.2, -0.15) is 0 Å². The molecule has 30 heavy (non-hydrogen) atoms. The van der Waals surface area contributed by atoms with Gasteiger partial charge in [0.2, 0.25) is 0 Å². The summed E-state index contributed by atoms with van der Waals surface area (Å²) in [5, 5.41) is 7.85. The highest BCUT2D eigenvalue weighted by molar-refractivity contribution is 6.02. The Morgan fingerprint density at radius 3 is 2.43 bits per heavy atom. The Kier molecular flexibility index (Phi) is 3.71. The van der Waals surface area contributed by atoms with Crippen LogP contribution < -0.4 is 10.6 Å². The van der Waals surface area contributed by atoms with Gasteiger partial charge in [-0.05, 0) is 38.1 Å². The minimum absolute atomic E-state index is 0.356. The standard InChI is InChI=1S/C23H22N6O/c1-13-9-24-22(26-13)16-4-3-15-7-20(30-19(15)8-16)17-5-6-21-28-18(12-29(21)11-17)23-25-10-14(2)27-23/h3-8,11-14H,9-10H2,1-2H3,(H,24,26)(H,25,27).